The zero-order chi connectivity index (χ0) is 20.8. The molecule has 0 atom stereocenters. The molecule has 148 valence electrons. The third-order valence-electron chi connectivity index (χ3n) is 3.63. The van der Waals surface area contributed by atoms with E-state index in [1.165, 1.54) is 0 Å². The second kappa shape index (κ2) is 13.6. The predicted molar refractivity (Wildman–Crippen MR) is 117 cm³/mol. The summed E-state index contributed by atoms with van der Waals surface area (Å²) >= 11 is 0. The van der Waals surface area contributed by atoms with Crippen molar-refractivity contribution in [3.63, 3.8) is 0 Å². The number of carbonyl (C=O) groups excluding carboxylic acids is 2. The first-order valence-electron chi connectivity index (χ1n) is 9.80. The van der Waals surface area contributed by atoms with Crippen LogP contribution in [0.4, 0.5) is 17.1 Å². The van der Waals surface area contributed by atoms with E-state index >= 15 is 0 Å². The Morgan fingerprint density at radius 3 is 1.81 bits per heavy atom. The molecule has 0 bridgehead atoms. The van der Waals surface area contributed by atoms with Gasteiger partial charge in [-0.15, -0.1) is 0 Å². The Bertz CT molecular complexity index is 669. The standard InChI is InChI=1S/C19H22N2O2.2C2H6/c1-4-19(23)21(15(2)3)18-13-9-8-12-17(18)20(14-22)16-10-6-5-7-11-16;2*1-2/h5-15H,4H2,1-3H3;2*1-2H3. The summed E-state index contributed by atoms with van der Waals surface area (Å²) in [5, 5.41) is 0. The molecule has 2 amide bonds. The number of carbonyl (C=O) groups is 2. The van der Waals surface area contributed by atoms with Crippen molar-refractivity contribution >= 4 is 29.4 Å². The first-order valence-corrected chi connectivity index (χ1v) is 9.80. The molecule has 4 heteroatoms. The van der Waals surface area contributed by atoms with Gasteiger partial charge in [-0.3, -0.25) is 14.5 Å². The minimum absolute atomic E-state index is 0.00729. The van der Waals surface area contributed by atoms with E-state index in [-0.39, 0.29) is 11.9 Å². The monoisotopic (exact) mass is 370 g/mol. The van der Waals surface area contributed by atoms with Crippen LogP contribution >= 0.6 is 0 Å². The van der Waals surface area contributed by atoms with E-state index < -0.39 is 0 Å². The van der Waals surface area contributed by atoms with Gasteiger partial charge in [-0.2, -0.15) is 0 Å². The van der Waals surface area contributed by atoms with Crippen LogP contribution in [0.5, 0.6) is 0 Å². The van der Waals surface area contributed by atoms with E-state index in [4.69, 9.17) is 0 Å². The van der Waals surface area contributed by atoms with Crippen LogP contribution in [0.15, 0.2) is 54.6 Å². The fourth-order valence-corrected chi connectivity index (χ4v) is 2.59. The summed E-state index contributed by atoms with van der Waals surface area (Å²) in [6.45, 7) is 13.8. The number of rotatable bonds is 6. The topological polar surface area (TPSA) is 40.6 Å². The van der Waals surface area contributed by atoms with E-state index in [9.17, 15) is 9.59 Å². The summed E-state index contributed by atoms with van der Waals surface area (Å²) in [6.07, 6.45) is 1.20. The number of hydrogen-bond donors (Lipinski definition) is 0. The van der Waals surface area contributed by atoms with Crippen LogP contribution < -0.4 is 9.80 Å². The van der Waals surface area contributed by atoms with Crippen molar-refractivity contribution in [3.8, 4) is 0 Å². The van der Waals surface area contributed by atoms with Crippen molar-refractivity contribution in [3.05, 3.63) is 54.6 Å². The smallest absolute Gasteiger partial charge is 0.227 e. The third kappa shape index (κ3) is 6.55. The Balaban J connectivity index is 0.00000158. The molecule has 0 spiro atoms. The highest BCUT2D eigenvalue weighted by Gasteiger charge is 2.23. The predicted octanol–water partition coefficient (Wildman–Crippen LogP) is 6.18. The molecule has 4 nitrogen and oxygen atoms in total. The van der Waals surface area contributed by atoms with Crippen LogP contribution in [-0.4, -0.2) is 18.4 Å². The van der Waals surface area contributed by atoms with Gasteiger partial charge in [-0.05, 0) is 38.1 Å². The minimum atomic E-state index is 0.00729. The second-order valence-corrected chi connectivity index (χ2v) is 5.51. The molecule has 27 heavy (non-hydrogen) atoms. The highest BCUT2D eigenvalue weighted by molar-refractivity contribution is 6.01. The summed E-state index contributed by atoms with van der Waals surface area (Å²) in [4.78, 5) is 27.4. The fourth-order valence-electron chi connectivity index (χ4n) is 2.59. The number of anilines is 3. The SMILES string of the molecule is CC.CC.CCC(=O)N(c1ccccc1N(C=O)c1ccccc1)C(C)C. The molecule has 0 aromatic heterocycles. The number of amides is 2. The van der Waals surface area contributed by atoms with Crippen LogP contribution in [-0.2, 0) is 9.59 Å². The van der Waals surface area contributed by atoms with Gasteiger partial charge in [0.25, 0.3) is 0 Å². The van der Waals surface area contributed by atoms with Gasteiger partial charge >= 0.3 is 0 Å². The van der Waals surface area contributed by atoms with Crippen LogP contribution in [0, 0.1) is 0 Å². The minimum Gasteiger partial charge on any atom is -0.308 e. The maximum atomic E-state index is 12.4. The number of benzene rings is 2. The average molecular weight is 371 g/mol. The fraction of sp³-hybridized carbons (Fsp3) is 0.391. The molecule has 2 rings (SSSR count). The maximum Gasteiger partial charge on any atom is 0.227 e. The van der Waals surface area contributed by atoms with Crippen LogP contribution in [0.3, 0.4) is 0 Å². The normalized spacial score (nSPS) is 9.33. The lowest BCUT2D eigenvalue weighted by Crippen LogP contribution is -2.37. The summed E-state index contributed by atoms with van der Waals surface area (Å²) in [5.41, 5.74) is 2.21. The summed E-state index contributed by atoms with van der Waals surface area (Å²) < 4.78 is 0. The van der Waals surface area contributed by atoms with Gasteiger partial charge < -0.3 is 4.90 Å². The van der Waals surface area contributed by atoms with Crippen LogP contribution in [0.2, 0.25) is 0 Å². The molecule has 0 heterocycles. The highest BCUT2D eigenvalue weighted by Crippen LogP contribution is 2.34. The summed E-state index contributed by atoms with van der Waals surface area (Å²) in [7, 11) is 0. The zero-order valence-corrected chi connectivity index (χ0v) is 17.8. The number of nitrogens with zero attached hydrogens (tertiary/aromatic N) is 2. The number of hydrogen-bond acceptors (Lipinski definition) is 2. The molecule has 0 fully saturated rings. The Morgan fingerprint density at radius 2 is 1.37 bits per heavy atom. The molecule has 0 N–H and O–H groups in total. The van der Waals surface area contributed by atoms with Crippen molar-refractivity contribution < 1.29 is 9.59 Å². The Labute approximate surface area is 164 Å². The van der Waals surface area contributed by atoms with E-state index in [1.807, 2.05) is 103 Å². The largest absolute Gasteiger partial charge is 0.308 e. The van der Waals surface area contributed by atoms with E-state index in [0.29, 0.717) is 12.1 Å². The maximum absolute atomic E-state index is 12.4. The lowest BCUT2D eigenvalue weighted by Gasteiger charge is -2.31. The lowest BCUT2D eigenvalue weighted by atomic mass is 10.1. The molecule has 2 aromatic carbocycles. The third-order valence-corrected chi connectivity index (χ3v) is 3.63. The average Bonchev–Trinajstić information content (AvgIpc) is 2.73. The quantitative estimate of drug-likeness (QED) is 0.569. The molecule has 2 aromatic rings. The summed E-state index contributed by atoms with van der Waals surface area (Å²) in [6, 6.07) is 16.9. The van der Waals surface area contributed by atoms with E-state index in [1.54, 1.807) is 9.80 Å². The molecule has 0 aliphatic carbocycles. The Kier molecular flexibility index (Phi) is 12.2. The van der Waals surface area contributed by atoms with Gasteiger partial charge in [0.2, 0.25) is 12.3 Å². The number of para-hydroxylation sites is 3. The second-order valence-electron chi connectivity index (χ2n) is 5.51. The van der Waals surface area contributed by atoms with Gasteiger partial charge in [0.1, 0.15) is 0 Å². The lowest BCUT2D eigenvalue weighted by molar-refractivity contribution is -0.118. The van der Waals surface area contributed by atoms with Gasteiger partial charge in [-0.1, -0.05) is 65.0 Å². The molecule has 0 aliphatic heterocycles. The highest BCUT2D eigenvalue weighted by atomic mass is 16.2. The van der Waals surface area contributed by atoms with Gasteiger partial charge in [-0.25, -0.2) is 0 Å². The molecule has 0 unspecified atom stereocenters. The van der Waals surface area contributed by atoms with Crippen molar-refractivity contribution in [1.29, 1.82) is 0 Å². The molecule has 0 saturated heterocycles. The van der Waals surface area contributed by atoms with Gasteiger partial charge in [0.15, 0.2) is 0 Å². The van der Waals surface area contributed by atoms with E-state index in [2.05, 4.69) is 0 Å². The molecule has 0 saturated carbocycles. The molecular weight excluding hydrogens is 336 g/mol. The van der Waals surface area contributed by atoms with Crippen molar-refractivity contribution in [1.82, 2.24) is 0 Å². The van der Waals surface area contributed by atoms with Crippen molar-refractivity contribution in [2.24, 2.45) is 0 Å². The molecule has 0 radical (unpaired) electrons. The van der Waals surface area contributed by atoms with Gasteiger partial charge in [0.05, 0.1) is 11.4 Å². The zero-order valence-electron chi connectivity index (χ0n) is 17.8. The molecular formula is C23H34N2O2. The van der Waals surface area contributed by atoms with Crippen LogP contribution in [0.1, 0.15) is 54.9 Å². The van der Waals surface area contributed by atoms with E-state index in [0.717, 1.165) is 17.8 Å². The first-order chi connectivity index (χ1) is 13.1. The van der Waals surface area contributed by atoms with Gasteiger partial charge in [0, 0.05) is 18.2 Å². The first kappa shape index (κ1) is 24.4. The summed E-state index contributed by atoms with van der Waals surface area (Å²) in [5.74, 6) is 0.0337. The Hall–Kier alpha value is -2.62. The van der Waals surface area contributed by atoms with Crippen molar-refractivity contribution in [2.75, 3.05) is 9.80 Å². The van der Waals surface area contributed by atoms with Crippen LogP contribution in [0.25, 0.3) is 0 Å². The Morgan fingerprint density at radius 1 is 0.889 bits per heavy atom. The molecule has 0 aliphatic rings. The van der Waals surface area contributed by atoms with Crippen molar-refractivity contribution in [2.45, 2.75) is 60.9 Å².